The van der Waals surface area contributed by atoms with Gasteiger partial charge in [0.05, 0.1) is 11.1 Å². The lowest BCUT2D eigenvalue weighted by atomic mass is 10.0. The van der Waals surface area contributed by atoms with E-state index in [4.69, 9.17) is 4.42 Å². The van der Waals surface area contributed by atoms with Gasteiger partial charge in [-0.1, -0.05) is 0 Å². The fourth-order valence-electron chi connectivity index (χ4n) is 3.53. The summed E-state index contributed by atoms with van der Waals surface area (Å²) in [6.45, 7) is 5.69. The predicted molar refractivity (Wildman–Crippen MR) is 102 cm³/mol. The smallest absolute Gasteiger partial charge is 0.235 e. The van der Waals surface area contributed by atoms with E-state index in [1.54, 1.807) is 30.3 Å². The number of aromatic hydroxyl groups is 2. The van der Waals surface area contributed by atoms with Crippen molar-refractivity contribution < 1.29 is 14.6 Å². The minimum absolute atomic E-state index is 0.0778. The summed E-state index contributed by atoms with van der Waals surface area (Å²) >= 11 is 0. The number of hydrogen-bond acceptors (Lipinski definition) is 5. The Hall–Kier alpha value is -2.95. The van der Waals surface area contributed by atoms with Crippen molar-refractivity contribution in [1.29, 1.82) is 0 Å². The molecule has 0 aliphatic carbocycles. The van der Waals surface area contributed by atoms with Crippen LogP contribution in [0.1, 0.15) is 24.0 Å². The lowest BCUT2D eigenvalue weighted by Gasteiger charge is -2.19. The molecule has 1 aromatic heterocycles. The second-order valence-electron chi connectivity index (χ2n) is 6.94. The number of nitrogens with zero attached hydrogens (tertiary/aromatic N) is 1. The average Bonchev–Trinajstić information content (AvgIpc) is 3.14. The van der Waals surface area contributed by atoms with Gasteiger partial charge in [0, 0.05) is 18.7 Å². The first kappa shape index (κ1) is 16.5. The third-order valence-electron chi connectivity index (χ3n) is 5.17. The first-order chi connectivity index (χ1) is 12.5. The lowest BCUT2D eigenvalue weighted by molar-refractivity contribution is 0.448. The van der Waals surface area contributed by atoms with Crippen molar-refractivity contribution >= 4 is 16.7 Å². The Morgan fingerprint density at radius 2 is 1.69 bits per heavy atom. The molecule has 2 aromatic carbocycles. The third-order valence-corrected chi connectivity index (χ3v) is 5.17. The van der Waals surface area contributed by atoms with Crippen LogP contribution in [0.25, 0.3) is 22.3 Å². The number of phenols is 1. The summed E-state index contributed by atoms with van der Waals surface area (Å²) in [6, 6.07) is 8.64. The molecule has 0 unspecified atom stereocenters. The maximum Gasteiger partial charge on any atom is 0.235 e. The summed E-state index contributed by atoms with van der Waals surface area (Å²) in [7, 11) is 0. The van der Waals surface area contributed by atoms with Crippen LogP contribution >= 0.6 is 0 Å². The lowest BCUT2D eigenvalue weighted by Crippen LogP contribution is -2.17. The standard InChI is InChI=1S/C21H21NO4/c1-12-9-15-18(10-13(12)2)26-21(20(25)19(15)24)14-5-6-16(17(23)11-14)22-7-3-4-8-22/h5-6,9-11,23,25H,3-4,7-8H2,1-2H3. The van der Waals surface area contributed by atoms with E-state index in [0.29, 0.717) is 16.5 Å². The zero-order chi connectivity index (χ0) is 18.4. The van der Waals surface area contributed by atoms with E-state index in [0.717, 1.165) is 42.7 Å². The Morgan fingerprint density at radius 3 is 2.38 bits per heavy atom. The quantitative estimate of drug-likeness (QED) is 0.727. The molecule has 1 aliphatic rings. The number of aryl methyl sites for hydroxylation is 2. The van der Waals surface area contributed by atoms with Crippen LogP contribution in [0.5, 0.6) is 11.5 Å². The molecule has 0 spiro atoms. The van der Waals surface area contributed by atoms with Crippen LogP contribution < -0.4 is 10.3 Å². The van der Waals surface area contributed by atoms with Crippen LogP contribution in [-0.2, 0) is 0 Å². The van der Waals surface area contributed by atoms with Crippen LogP contribution in [-0.4, -0.2) is 23.3 Å². The number of benzene rings is 2. The molecular weight excluding hydrogens is 330 g/mol. The summed E-state index contributed by atoms with van der Waals surface area (Å²) in [5, 5.41) is 21.2. The summed E-state index contributed by atoms with van der Waals surface area (Å²) < 4.78 is 5.84. The van der Waals surface area contributed by atoms with Crippen LogP contribution in [0, 0.1) is 13.8 Å². The van der Waals surface area contributed by atoms with Crippen LogP contribution in [0.4, 0.5) is 5.69 Å². The monoisotopic (exact) mass is 351 g/mol. The van der Waals surface area contributed by atoms with E-state index in [-0.39, 0.29) is 11.5 Å². The Labute approximate surface area is 151 Å². The fraction of sp³-hybridized carbons (Fsp3) is 0.286. The van der Waals surface area contributed by atoms with Gasteiger partial charge in [-0.05, 0) is 68.1 Å². The van der Waals surface area contributed by atoms with Gasteiger partial charge in [-0.25, -0.2) is 0 Å². The van der Waals surface area contributed by atoms with Crippen molar-refractivity contribution in [3.63, 3.8) is 0 Å². The molecule has 1 fully saturated rings. The summed E-state index contributed by atoms with van der Waals surface area (Å²) in [4.78, 5) is 14.7. The number of hydrogen-bond donors (Lipinski definition) is 2. The van der Waals surface area contributed by atoms with Gasteiger partial charge in [-0.2, -0.15) is 0 Å². The Morgan fingerprint density at radius 1 is 1.00 bits per heavy atom. The van der Waals surface area contributed by atoms with E-state index >= 15 is 0 Å². The van der Waals surface area contributed by atoms with Crippen LogP contribution in [0.3, 0.4) is 0 Å². The highest BCUT2D eigenvalue weighted by Crippen LogP contribution is 2.37. The number of fused-ring (bicyclic) bond motifs is 1. The number of phenolic OH excluding ortho intramolecular Hbond substituents is 1. The van der Waals surface area contributed by atoms with Gasteiger partial charge in [0.25, 0.3) is 0 Å². The highest BCUT2D eigenvalue weighted by Gasteiger charge is 2.20. The fourth-order valence-corrected chi connectivity index (χ4v) is 3.53. The number of anilines is 1. The molecule has 0 bridgehead atoms. The summed E-state index contributed by atoms with van der Waals surface area (Å²) in [5.74, 6) is -0.241. The maximum atomic E-state index is 12.6. The zero-order valence-electron chi connectivity index (χ0n) is 14.9. The van der Waals surface area contributed by atoms with Crippen LogP contribution in [0.15, 0.2) is 39.5 Å². The molecule has 2 N–H and O–H groups in total. The molecule has 0 saturated carbocycles. The van der Waals surface area contributed by atoms with Crippen molar-refractivity contribution in [2.24, 2.45) is 0 Å². The first-order valence-electron chi connectivity index (χ1n) is 8.81. The average molecular weight is 351 g/mol. The molecular formula is C21H21NO4. The number of rotatable bonds is 2. The van der Waals surface area contributed by atoms with Crippen molar-refractivity contribution in [2.75, 3.05) is 18.0 Å². The van der Waals surface area contributed by atoms with Gasteiger partial charge in [0.15, 0.2) is 5.76 Å². The van der Waals surface area contributed by atoms with Crippen molar-refractivity contribution in [3.8, 4) is 22.8 Å². The van der Waals surface area contributed by atoms with Gasteiger partial charge in [-0.15, -0.1) is 0 Å². The second-order valence-corrected chi connectivity index (χ2v) is 6.94. The molecule has 26 heavy (non-hydrogen) atoms. The minimum Gasteiger partial charge on any atom is -0.506 e. The minimum atomic E-state index is -0.465. The molecule has 2 heterocycles. The van der Waals surface area contributed by atoms with Crippen molar-refractivity contribution in [2.45, 2.75) is 26.7 Å². The normalized spacial score (nSPS) is 14.3. The highest BCUT2D eigenvalue weighted by atomic mass is 16.4. The molecule has 3 aromatic rings. The summed E-state index contributed by atoms with van der Waals surface area (Å²) in [5.41, 5.74) is 3.16. The topological polar surface area (TPSA) is 73.9 Å². The van der Waals surface area contributed by atoms with E-state index < -0.39 is 11.2 Å². The molecule has 5 heteroatoms. The molecule has 1 aliphatic heterocycles. The van der Waals surface area contributed by atoms with Crippen LogP contribution in [0.2, 0.25) is 0 Å². The third kappa shape index (κ3) is 2.60. The maximum absolute atomic E-state index is 12.6. The Bertz CT molecular complexity index is 1060. The first-order valence-corrected chi connectivity index (χ1v) is 8.81. The molecule has 4 rings (SSSR count). The molecule has 1 saturated heterocycles. The molecule has 0 amide bonds. The van der Waals surface area contributed by atoms with Gasteiger partial charge < -0.3 is 19.5 Å². The zero-order valence-corrected chi connectivity index (χ0v) is 14.9. The van der Waals surface area contributed by atoms with E-state index in [1.807, 2.05) is 13.8 Å². The van der Waals surface area contributed by atoms with Gasteiger partial charge >= 0.3 is 0 Å². The Kier molecular flexibility index (Phi) is 3.87. The van der Waals surface area contributed by atoms with Crippen molar-refractivity contribution in [1.82, 2.24) is 0 Å². The summed E-state index contributed by atoms with van der Waals surface area (Å²) in [6.07, 6.45) is 2.22. The van der Waals surface area contributed by atoms with Gasteiger partial charge in [0.2, 0.25) is 11.2 Å². The predicted octanol–water partition coefficient (Wildman–Crippen LogP) is 4.09. The highest BCUT2D eigenvalue weighted by molar-refractivity contribution is 5.83. The largest absolute Gasteiger partial charge is 0.506 e. The molecule has 0 radical (unpaired) electrons. The van der Waals surface area contributed by atoms with E-state index in [1.165, 1.54) is 0 Å². The SMILES string of the molecule is Cc1cc2oc(-c3ccc(N4CCCC4)c(O)c3)c(O)c(=O)c2cc1C. The van der Waals surface area contributed by atoms with Crippen molar-refractivity contribution in [3.05, 3.63) is 51.7 Å². The van der Waals surface area contributed by atoms with Gasteiger partial charge in [-0.3, -0.25) is 4.79 Å². The molecule has 5 nitrogen and oxygen atoms in total. The Balaban J connectivity index is 1.86. The van der Waals surface area contributed by atoms with Gasteiger partial charge in [0.1, 0.15) is 11.3 Å². The second kappa shape index (κ2) is 6.09. The van der Waals surface area contributed by atoms with E-state index in [9.17, 15) is 15.0 Å². The molecule has 134 valence electrons. The van der Waals surface area contributed by atoms with E-state index in [2.05, 4.69) is 4.90 Å². The molecule has 0 atom stereocenters.